The van der Waals surface area contributed by atoms with E-state index in [0.717, 1.165) is 5.69 Å². The van der Waals surface area contributed by atoms with Crippen molar-refractivity contribution in [3.8, 4) is 0 Å². The molecule has 1 aromatic rings. The Kier molecular flexibility index (Phi) is 3.98. The first kappa shape index (κ1) is 12.6. The highest BCUT2D eigenvalue weighted by Crippen LogP contribution is 2.15. The van der Waals surface area contributed by atoms with Gasteiger partial charge in [-0.3, -0.25) is 11.5 Å². The van der Waals surface area contributed by atoms with Crippen molar-refractivity contribution in [2.24, 2.45) is 11.5 Å². The first-order valence-electron chi connectivity index (χ1n) is 4.45. The zero-order valence-corrected chi connectivity index (χ0v) is 9.89. The smallest absolute Gasteiger partial charge is 0.360 e. The quantitative estimate of drug-likeness (QED) is 0.383. The minimum atomic E-state index is 0. The van der Waals surface area contributed by atoms with Crippen molar-refractivity contribution >= 4 is 29.2 Å². The van der Waals surface area contributed by atoms with Crippen molar-refractivity contribution in [3.63, 3.8) is 0 Å². The Hall–Kier alpha value is -1.46. The molecule has 0 fully saturated rings. The van der Waals surface area contributed by atoms with E-state index in [4.69, 9.17) is 23.1 Å². The van der Waals surface area contributed by atoms with E-state index >= 15 is 0 Å². The summed E-state index contributed by atoms with van der Waals surface area (Å²) < 4.78 is 1.85. The Morgan fingerprint density at radius 3 is 2.44 bits per heavy atom. The van der Waals surface area contributed by atoms with E-state index in [1.165, 1.54) is 0 Å². The fourth-order valence-electron chi connectivity index (χ4n) is 1.35. The van der Waals surface area contributed by atoms with E-state index in [-0.39, 0.29) is 12.4 Å². The van der Waals surface area contributed by atoms with Crippen LogP contribution < -0.4 is 34.2 Å². The van der Waals surface area contributed by atoms with Crippen molar-refractivity contribution in [1.82, 2.24) is 5.32 Å². The van der Waals surface area contributed by atoms with Gasteiger partial charge in [-0.2, -0.15) is 5.32 Å². The molecule has 0 atom stereocenters. The van der Waals surface area contributed by atoms with Crippen LogP contribution in [-0.4, -0.2) is 23.2 Å². The lowest BCUT2D eigenvalue weighted by molar-refractivity contribution is -0.674. The largest absolute Gasteiger partial charge is 1.00 e. The fourth-order valence-corrected chi connectivity index (χ4v) is 1.48. The van der Waals surface area contributed by atoms with E-state index in [1.54, 1.807) is 0 Å². The van der Waals surface area contributed by atoms with Gasteiger partial charge in [0.15, 0.2) is 6.67 Å². The predicted octanol–water partition coefficient (Wildman–Crippen LogP) is -4.74. The average Bonchev–Trinajstić information content (AvgIpc) is 2.20. The zero-order valence-electron chi connectivity index (χ0n) is 8.37. The van der Waals surface area contributed by atoms with Crippen LogP contribution in [-0.2, 0) is 0 Å². The monoisotopic (exact) mass is 260 g/mol. The van der Waals surface area contributed by atoms with Crippen LogP contribution in [0.25, 0.3) is 0 Å². The maximum absolute atomic E-state index is 5.80. The fraction of sp³-hybridized carbons (Fsp3) is 0.111. The molecule has 0 spiro atoms. The molecule has 0 radical (unpaired) electrons. The zero-order chi connectivity index (χ0) is 10.8. The molecule has 1 heterocycles. The van der Waals surface area contributed by atoms with E-state index in [0.29, 0.717) is 23.6 Å². The number of nitrogens with two attached hydrogens (primary N) is 2. The van der Waals surface area contributed by atoms with Gasteiger partial charge in [0.25, 0.3) is 0 Å². The summed E-state index contributed by atoms with van der Waals surface area (Å²) in [7, 11) is 0. The van der Waals surface area contributed by atoms with Crippen LogP contribution in [0.1, 0.15) is 0 Å². The van der Waals surface area contributed by atoms with Gasteiger partial charge in [-0.25, -0.2) is 9.57 Å². The lowest BCUT2D eigenvalue weighted by Gasteiger charge is -2.11. The maximum atomic E-state index is 5.80. The van der Waals surface area contributed by atoms with Gasteiger partial charge in [0, 0.05) is 5.02 Å². The highest BCUT2D eigenvalue weighted by molar-refractivity contribution is 6.30. The Morgan fingerprint density at radius 2 is 1.88 bits per heavy atom. The molecule has 1 aliphatic heterocycles. The van der Waals surface area contributed by atoms with Crippen LogP contribution in [0.2, 0.25) is 5.02 Å². The number of nitrogens with zero attached hydrogens (tertiary/aromatic N) is 1. The van der Waals surface area contributed by atoms with Gasteiger partial charge in [-0.15, -0.1) is 0 Å². The molecular weight excluding hydrogens is 249 g/mol. The molecule has 0 aromatic heterocycles. The maximum Gasteiger partial charge on any atom is 0.360 e. The van der Waals surface area contributed by atoms with E-state index in [1.807, 2.05) is 28.8 Å². The third kappa shape index (κ3) is 2.56. The number of guanidine groups is 2. The van der Waals surface area contributed by atoms with Crippen molar-refractivity contribution < 1.29 is 22.0 Å². The first-order valence-corrected chi connectivity index (χ1v) is 4.83. The number of hydrogen-bond donors (Lipinski definition) is 4. The molecule has 0 unspecified atom stereocenters. The molecule has 1 aliphatic rings. The highest BCUT2D eigenvalue weighted by atomic mass is 35.5. The predicted molar refractivity (Wildman–Crippen MR) is 58.7 cm³/mol. The van der Waals surface area contributed by atoms with Crippen molar-refractivity contribution in [3.05, 3.63) is 29.3 Å². The third-order valence-electron chi connectivity index (χ3n) is 2.12. The molecule has 86 valence electrons. The van der Waals surface area contributed by atoms with Crippen LogP contribution in [0, 0.1) is 0 Å². The second-order valence-corrected chi connectivity index (χ2v) is 3.60. The number of benzene rings is 1. The van der Waals surface area contributed by atoms with E-state index in [9.17, 15) is 0 Å². The second kappa shape index (κ2) is 5.05. The minimum absolute atomic E-state index is 0. The van der Waals surface area contributed by atoms with Crippen molar-refractivity contribution in [1.29, 1.82) is 0 Å². The standard InChI is InChI=1S/C9H10ClN5.ClH/c10-6-1-3-7(4-2-6)15-5-13-8(11)14-9(15)12;/h1-4H,5H2,(H4,11,12,13,14);1H/p+1. The van der Waals surface area contributed by atoms with Crippen LogP contribution in [0.4, 0.5) is 5.69 Å². The van der Waals surface area contributed by atoms with Gasteiger partial charge in [0.1, 0.15) is 5.69 Å². The Balaban J connectivity index is 0.00000128. The van der Waals surface area contributed by atoms with E-state index < -0.39 is 0 Å². The molecule has 0 amide bonds. The van der Waals surface area contributed by atoms with Crippen LogP contribution in [0.5, 0.6) is 0 Å². The molecule has 0 aliphatic carbocycles. The summed E-state index contributed by atoms with van der Waals surface area (Å²) in [4.78, 5) is 2.95. The van der Waals surface area contributed by atoms with Gasteiger partial charge >= 0.3 is 11.9 Å². The number of rotatable bonds is 1. The number of hydrogen-bond acceptors (Lipinski definition) is 3. The van der Waals surface area contributed by atoms with Crippen molar-refractivity contribution in [2.45, 2.75) is 0 Å². The lowest BCUT2D eigenvalue weighted by Crippen LogP contribution is -3.00. The topological polar surface area (TPSA) is 81.0 Å². The van der Waals surface area contributed by atoms with Gasteiger partial charge in [-0.1, -0.05) is 11.6 Å². The molecule has 16 heavy (non-hydrogen) atoms. The summed E-state index contributed by atoms with van der Waals surface area (Å²) in [6.07, 6.45) is 0. The summed E-state index contributed by atoms with van der Waals surface area (Å²) in [6.45, 7) is 0.534. The number of nitrogens with one attached hydrogen (secondary N) is 2. The summed E-state index contributed by atoms with van der Waals surface area (Å²) in [6, 6.07) is 7.40. The summed E-state index contributed by atoms with van der Waals surface area (Å²) in [5.74, 6) is 0.950. The SMILES string of the molecule is NC1=[NH+]C[N+](c2ccc(Cl)cc2)=C(N)N1.[Cl-]. The molecule has 6 N–H and O–H groups in total. The number of halogens is 2. The van der Waals surface area contributed by atoms with Gasteiger partial charge in [-0.05, 0) is 24.3 Å². The summed E-state index contributed by atoms with van der Waals surface area (Å²) in [5.41, 5.74) is 12.3. The van der Waals surface area contributed by atoms with Gasteiger partial charge in [0.2, 0.25) is 0 Å². The third-order valence-corrected chi connectivity index (χ3v) is 2.37. The molecule has 5 nitrogen and oxygen atoms in total. The molecule has 2 rings (SSSR count). The first-order chi connectivity index (χ1) is 7.16. The molecule has 7 heteroatoms. The minimum Gasteiger partial charge on any atom is -1.00 e. The summed E-state index contributed by atoms with van der Waals surface area (Å²) in [5, 5.41) is 3.51. The Labute approximate surface area is 104 Å². The molecule has 0 bridgehead atoms. The van der Waals surface area contributed by atoms with Crippen LogP contribution in [0.15, 0.2) is 24.3 Å². The molecule has 1 aromatic carbocycles. The van der Waals surface area contributed by atoms with Gasteiger partial charge < -0.3 is 12.4 Å². The van der Waals surface area contributed by atoms with E-state index in [2.05, 4.69) is 10.3 Å². The van der Waals surface area contributed by atoms with Gasteiger partial charge in [0.05, 0.1) is 0 Å². The molecule has 0 saturated carbocycles. The Bertz CT molecular complexity index is 438. The molecular formula is C9H12Cl2N5+. The summed E-state index contributed by atoms with van der Waals surface area (Å²) >= 11 is 5.80. The highest BCUT2D eigenvalue weighted by Gasteiger charge is 2.18. The van der Waals surface area contributed by atoms with Crippen LogP contribution in [0.3, 0.4) is 0 Å². The lowest BCUT2D eigenvalue weighted by atomic mass is 10.3. The normalized spacial score (nSPS) is 14.9. The average molecular weight is 261 g/mol. The molecule has 0 saturated heterocycles. The second-order valence-electron chi connectivity index (χ2n) is 3.16. The van der Waals surface area contributed by atoms with Crippen molar-refractivity contribution in [2.75, 3.05) is 6.67 Å². The van der Waals surface area contributed by atoms with Crippen LogP contribution >= 0.6 is 11.6 Å². The Morgan fingerprint density at radius 1 is 1.25 bits per heavy atom.